The number of aromatic carboxylic acids is 1. The Morgan fingerprint density at radius 1 is 1.26 bits per heavy atom. The van der Waals surface area contributed by atoms with Crippen LogP contribution in [0, 0.1) is 0 Å². The summed E-state index contributed by atoms with van der Waals surface area (Å²) in [6.07, 6.45) is 2.45. The molecule has 0 fully saturated rings. The van der Waals surface area contributed by atoms with Gasteiger partial charge in [-0.3, -0.25) is 0 Å². The van der Waals surface area contributed by atoms with Gasteiger partial charge in [0.05, 0.1) is 18.4 Å². The largest absolute Gasteiger partial charge is 0.494 e. The van der Waals surface area contributed by atoms with Crippen molar-refractivity contribution in [3.05, 3.63) is 59.3 Å². The summed E-state index contributed by atoms with van der Waals surface area (Å²) in [7, 11) is 3.48. The quantitative estimate of drug-likeness (QED) is 0.726. The molecule has 3 rings (SSSR count). The first kappa shape index (κ1) is 15.0. The van der Waals surface area contributed by atoms with E-state index in [1.165, 1.54) is 13.2 Å². The number of anilines is 1. The monoisotopic (exact) mass is 310 g/mol. The second kappa shape index (κ2) is 5.68. The third kappa shape index (κ3) is 2.50. The first-order valence-electron chi connectivity index (χ1n) is 7.24. The topological polar surface area (TPSA) is 77.5 Å². The van der Waals surface area contributed by atoms with E-state index < -0.39 is 5.97 Å². The third-order valence-electron chi connectivity index (χ3n) is 4.07. The molecule has 0 amide bonds. The van der Waals surface area contributed by atoms with E-state index in [0.29, 0.717) is 23.4 Å². The minimum Gasteiger partial charge on any atom is -0.494 e. The van der Waals surface area contributed by atoms with Gasteiger partial charge in [-0.25, -0.2) is 4.79 Å². The number of rotatable bonds is 4. The Kier molecular flexibility index (Phi) is 3.70. The maximum atomic E-state index is 11.6. The van der Waals surface area contributed by atoms with Crippen molar-refractivity contribution in [3.63, 3.8) is 0 Å². The van der Waals surface area contributed by atoms with Gasteiger partial charge in [0.15, 0.2) is 0 Å². The van der Waals surface area contributed by atoms with Crippen LogP contribution in [-0.2, 0) is 13.5 Å². The molecule has 0 unspecified atom stereocenters. The fourth-order valence-electron chi connectivity index (χ4n) is 3.02. The van der Waals surface area contributed by atoms with Gasteiger partial charge >= 0.3 is 5.97 Å². The van der Waals surface area contributed by atoms with Gasteiger partial charge in [-0.2, -0.15) is 0 Å². The lowest BCUT2D eigenvalue weighted by atomic mass is 9.97. The van der Waals surface area contributed by atoms with Gasteiger partial charge in [-0.15, -0.1) is 0 Å². The van der Waals surface area contributed by atoms with Crippen molar-refractivity contribution in [1.82, 2.24) is 4.57 Å². The summed E-state index contributed by atoms with van der Waals surface area (Å²) in [6.45, 7) is 0. The van der Waals surface area contributed by atoms with Gasteiger partial charge in [0.2, 0.25) is 0 Å². The second-order valence-corrected chi connectivity index (χ2v) is 5.48. The Balaban J connectivity index is 2.18. The van der Waals surface area contributed by atoms with Crippen LogP contribution in [0.5, 0.6) is 5.75 Å². The van der Waals surface area contributed by atoms with E-state index in [2.05, 4.69) is 0 Å². The van der Waals surface area contributed by atoms with Crippen LogP contribution in [0.25, 0.3) is 10.9 Å². The van der Waals surface area contributed by atoms with Crippen molar-refractivity contribution < 1.29 is 14.6 Å². The van der Waals surface area contributed by atoms with Crippen molar-refractivity contribution >= 4 is 22.6 Å². The van der Waals surface area contributed by atoms with Gasteiger partial charge in [-0.1, -0.05) is 18.2 Å². The highest BCUT2D eigenvalue weighted by molar-refractivity contribution is 5.92. The van der Waals surface area contributed by atoms with Gasteiger partial charge in [0.1, 0.15) is 5.75 Å². The molecule has 5 nitrogen and oxygen atoms in total. The standard InChI is InChI=1S/C18H18N2O3/c1-20-10-11(12-5-3-4-6-16(12)20)9-14-13(18(21)22)7-8-15(19)17(14)23-2/h3-8,10H,9,19H2,1-2H3,(H,21,22). The number of aryl methyl sites for hydroxylation is 1. The maximum absolute atomic E-state index is 11.6. The molecule has 3 N–H and O–H groups in total. The Bertz CT molecular complexity index is 897. The zero-order valence-electron chi connectivity index (χ0n) is 13.0. The third-order valence-corrected chi connectivity index (χ3v) is 4.07. The van der Waals surface area contributed by atoms with Crippen molar-refractivity contribution in [2.45, 2.75) is 6.42 Å². The predicted octanol–water partition coefficient (Wildman–Crippen LogP) is 3.06. The minimum absolute atomic E-state index is 0.212. The fraction of sp³-hybridized carbons (Fsp3) is 0.167. The molecule has 5 heteroatoms. The lowest BCUT2D eigenvalue weighted by molar-refractivity contribution is 0.0695. The Morgan fingerprint density at radius 2 is 2.00 bits per heavy atom. The minimum atomic E-state index is -0.987. The summed E-state index contributed by atoms with van der Waals surface area (Å²) in [6, 6.07) is 11.1. The van der Waals surface area contributed by atoms with E-state index in [4.69, 9.17) is 10.5 Å². The summed E-state index contributed by atoms with van der Waals surface area (Å²) in [5, 5.41) is 10.6. The number of hydrogen-bond donors (Lipinski definition) is 2. The zero-order chi connectivity index (χ0) is 16.6. The van der Waals surface area contributed by atoms with Crippen LogP contribution >= 0.6 is 0 Å². The number of nitrogens with two attached hydrogens (primary N) is 1. The molecule has 0 spiro atoms. The lowest BCUT2D eigenvalue weighted by Crippen LogP contribution is -2.07. The molecule has 23 heavy (non-hydrogen) atoms. The molecular weight excluding hydrogens is 292 g/mol. The van der Waals surface area contributed by atoms with Crippen molar-refractivity contribution in [2.75, 3.05) is 12.8 Å². The Hall–Kier alpha value is -2.95. The number of para-hydroxylation sites is 1. The molecule has 0 radical (unpaired) electrons. The summed E-state index contributed by atoms with van der Waals surface area (Å²) >= 11 is 0. The number of fused-ring (bicyclic) bond motifs is 1. The molecule has 0 saturated heterocycles. The highest BCUT2D eigenvalue weighted by Gasteiger charge is 2.19. The van der Waals surface area contributed by atoms with Crippen molar-refractivity contribution in [2.24, 2.45) is 7.05 Å². The summed E-state index contributed by atoms with van der Waals surface area (Å²) in [4.78, 5) is 11.6. The number of hydrogen-bond acceptors (Lipinski definition) is 3. The van der Waals surface area contributed by atoms with Crippen LogP contribution in [-0.4, -0.2) is 22.8 Å². The molecule has 0 aliphatic rings. The Morgan fingerprint density at radius 3 is 2.70 bits per heavy atom. The van der Waals surface area contributed by atoms with Crippen LogP contribution in [0.1, 0.15) is 21.5 Å². The molecule has 0 atom stereocenters. The number of ether oxygens (including phenoxy) is 1. The van der Waals surface area contributed by atoms with Crippen molar-refractivity contribution in [3.8, 4) is 5.75 Å². The molecule has 1 heterocycles. The number of carboxylic acids is 1. The fourth-order valence-corrected chi connectivity index (χ4v) is 3.02. The second-order valence-electron chi connectivity index (χ2n) is 5.48. The molecule has 0 aliphatic carbocycles. The highest BCUT2D eigenvalue weighted by Crippen LogP contribution is 2.33. The van der Waals surface area contributed by atoms with Crippen LogP contribution < -0.4 is 10.5 Å². The van der Waals surface area contributed by atoms with Crippen molar-refractivity contribution in [1.29, 1.82) is 0 Å². The average Bonchev–Trinajstić information content (AvgIpc) is 2.84. The summed E-state index contributed by atoms with van der Waals surface area (Å²) in [5.41, 5.74) is 9.33. The number of benzene rings is 2. The van der Waals surface area contributed by atoms with E-state index >= 15 is 0 Å². The van der Waals surface area contributed by atoms with E-state index in [0.717, 1.165) is 16.5 Å². The van der Waals surface area contributed by atoms with Crippen LogP contribution in [0.15, 0.2) is 42.6 Å². The van der Waals surface area contributed by atoms with Gasteiger partial charge in [0, 0.05) is 36.1 Å². The van der Waals surface area contributed by atoms with Crippen LogP contribution in [0.2, 0.25) is 0 Å². The average molecular weight is 310 g/mol. The molecule has 2 aromatic carbocycles. The normalized spacial score (nSPS) is 10.9. The summed E-state index contributed by atoms with van der Waals surface area (Å²) < 4.78 is 7.39. The molecule has 0 saturated carbocycles. The van der Waals surface area contributed by atoms with Crippen LogP contribution in [0.4, 0.5) is 5.69 Å². The molecule has 0 bridgehead atoms. The number of nitrogen functional groups attached to an aromatic ring is 1. The highest BCUT2D eigenvalue weighted by atomic mass is 16.5. The molecule has 1 aromatic heterocycles. The van der Waals surface area contributed by atoms with Gasteiger partial charge in [0.25, 0.3) is 0 Å². The molecule has 118 valence electrons. The number of methoxy groups -OCH3 is 1. The number of aromatic nitrogens is 1. The Labute approximate surface area is 133 Å². The molecule has 0 aliphatic heterocycles. The predicted molar refractivity (Wildman–Crippen MR) is 90.1 cm³/mol. The first-order chi connectivity index (χ1) is 11.0. The number of nitrogens with zero attached hydrogens (tertiary/aromatic N) is 1. The summed E-state index contributed by atoms with van der Waals surface area (Å²) in [5.74, 6) is -0.559. The van der Waals surface area contributed by atoms with E-state index in [-0.39, 0.29) is 5.56 Å². The number of carboxylic acid groups (broad SMARTS) is 1. The van der Waals surface area contributed by atoms with E-state index in [1.807, 2.05) is 42.1 Å². The van der Waals surface area contributed by atoms with E-state index in [1.54, 1.807) is 6.07 Å². The maximum Gasteiger partial charge on any atom is 0.336 e. The molecular formula is C18H18N2O3. The smallest absolute Gasteiger partial charge is 0.336 e. The molecule has 3 aromatic rings. The van der Waals surface area contributed by atoms with Gasteiger partial charge < -0.3 is 20.1 Å². The van der Waals surface area contributed by atoms with Crippen LogP contribution in [0.3, 0.4) is 0 Å². The lowest BCUT2D eigenvalue weighted by Gasteiger charge is -2.13. The first-order valence-corrected chi connectivity index (χ1v) is 7.24. The van der Waals surface area contributed by atoms with E-state index in [9.17, 15) is 9.90 Å². The SMILES string of the molecule is COc1c(N)ccc(C(=O)O)c1Cc1cn(C)c2ccccc12. The zero-order valence-corrected chi connectivity index (χ0v) is 13.0. The van der Waals surface area contributed by atoms with Gasteiger partial charge in [-0.05, 0) is 23.8 Å². The number of carbonyl (C=O) groups is 1.